The summed E-state index contributed by atoms with van der Waals surface area (Å²) < 4.78 is 50.9. The van der Waals surface area contributed by atoms with Crippen molar-refractivity contribution in [2.45, 2.75) is 19.8 Å². The van der Waals surface area contributed by atoms with Crippen LogP contribution in [0.5, 0.6) is 0 Å². The first-order valence-corrected chi connectivity index (χ1v) is 5.09. The fourth-order valence-electron chi connectivity index (χ4n) is 1.55. The molecular weight excluding hydrogens is 250 g/mol. The molecule has 1 aromatic heterocycles. The number of aromatic nitrogens is 3. The maximum absolute atomic E-state index is 12.5. The van der Waals surface area contributed by atoms with E-state index in [2.05, 4.69) is 10.3 Å². The Balaban J connectivity index is 2.37. The molecule has 0 radical (unpaired) electrons. The third-order valence-corrected chi connectivity index (χ3v) is 2.53. The maximum atomic E-state index is 12.5. The van der Waals surface area contributed by atoms with Crippen LogP contribution in [0.3, 0.4) is 0 Å². The van der Waals surface area contributed by atoms with Gasteiger partial charge < -0.3 is 0 Å². The number of nitrogens with zero attached hydrogens (tertiary/aromatic N) is 3. The van der Waals surface area contributed by atoms with Gasteiger partial charge in [0.25, 0.3) is 12.9 Å². The van der Waals surface area contributed by atoms with Gasteiger partial charge in [0.1, 0.15) is 0 Å². The van der Waals surface area contributed by atoms with E-state index in [1.54, 1.807) is 0 Å². The molecule has 1 heterocycles. The van der Waals surface area contributed by atoms with E-state index in [9.17, 15) is 17.6 Å². The average Bonchev–Trinajstić information content (AvgIpc) is 2.71. The molecule has 7 heteroatoms. The van der Waals surface area contributed by atoms with Crippen molar-refractivity contribution in [1.82, 2.24) is 15.0 Å². The predicted octanol–water partition coefficient (Wildman–Crippen LogP) is 3.45. The highest BCUT2D eigenvalue weighted by atomic mass is 19.3. The van der Waals surface area contributed by atoms with Crippen molar-refractivity contribution >= 4 is 0 Å². The maximum Gasteiger partial charge on any atom is 0.284 e. The second kappa shape index (κ2) is 4.75. The molecule has 0 amide bonds. The molecule has 0 aliphatic carbocycles. The molecule has 0 saturated carbocycles. The number of benzene rings is 1. The second-order valence-corrected chi connectivity index (χ2v) is 3.66. The highest BCUT2D eigenvalue weighted by Gasteiger charge is 2.18. The first-order valence-electron chi connectivity index (χ1n) is 5.09. The topological polar surface area (TPSA) is 30.7 Å². The minimum absolute atomic E-state index is 0.134. The van der Waals surface area contributed by atoms with E-state index in [1.807, 2.05) is 0 Å². The number of rotatable bonds is 3. The second-order valence-electron chi connectivity index (χ2n) is 3.66. The van der Waals surface area contributed by atoms with E-state index in [1.165, 1.54) is 35.9 Å². The average molecular weight is 259 g/mol. The Labute approximate surface area is 100 Å². The van der Waals surface area contributed by atoms with E-state index in [0.29, 0.717) is 5.69 Å². The van der Waals surface area contributed by atoms with Gasteiger partial charge in [-0.3, -0.25) is 0 Å². The lowest BCUT2D eigenvalue weighted by atomic mass is 10.2. The lowest BCUT2D eigenvalue weighted by Crippen LogP contribution is -2.00. The van der Waals surface area contributed by atoms with Crippen molar-refractivity contribution < 1.29 is 17.6 Å². The minimum Gasteiger partial charge on any atom is -0.217 e. The van der Waals surface area contributed by atoms with Gasteiger partial charge >= 0.3 is 0 Å². The van der Waals surface area contributed by atoms with Crippen LogP contribution in [-0.2, 0) is 0 Å². The largest absolute Gasteiger partial charge is 0.284 e. The molecule has 3 nitrogen and oxygen atoms in total. The molecule has 0 unspecified atom stereocenters. The molecular formula is C11H9F4N3. The molecule has 0 spiro atoms. The van der Waals surface area contributed by atoms with Crippen molar-refractivity contribution in [3.05, 3.63) is 41.2 Å². The van der Waals surface area contributed by atoms with Crippen LogP contribution in [0.25, 0.3) is 5.69 Å². The first kappa shape index (κ1) is 12.5. The van der Waals surface area contributed by atoms with Gasteiger partial charge in [0.15, 0.2) is 5.69 Å². The molecule has 2 rings (SSSR count). The summed E-state index contributed by atoms with van der Waals surface area (Å²) in [5.74, 6) is 0. The number of alkyl halides is 4. The fourth-order valence-corrected chi connectivity index (χ4v) is 1.55. The number of halogens is 4. The van der Waals surface area contributed by atoms with Gasteiger partial charge in [-0.05, 0) is 19.1 Å². The Kier molecular flexibility index (Phi) is 3.31. The summed E-state index contributed by atoms with van der Waals surface area (Å²) in [6, 6.07) is 5.23. The summed E-state index contributed by atoms with van der Waals surface area (Å²) in [7, 11) is 0. The number of hydrogen-bond donors (Lipinski definition) is 0. The van der Waals surface area contributed by atoms with Gasteiger partial charge in [-0.25, -0.2) is 22.2 Å². The van der Waals surface area contributed by atoms with Crippen molar-refractivity contribution in [1.29, 1.82) is 0 Å². The van der Waals surface area contributed by atoms with Crippen molar-refractivity contribution in [2.75, 3.05) is 0 Å². The van der Waals surface area contributed by atoms with E-state index in [0.717, 1.165) is 0 Å². The van der Waals surface area contributed by atoms with E-state index in [-0.39, 0.29) is 11.3 Å². The quantitative estimate of drug-likeness (QED) is 0.790. The number of hydrogen-bond acceptors (Lipinski definition) is 2. The normalized spacial score (nSPS) is 11.5. The Morgan fingerprint density at radius 1 is 1.00 bits per heavy atom. The summed E-state index contributed by atoms with van der Waals surface area (Å²) in [6.07, 6.45) is -5.27. The zero-order valence-corrected chi connectivity index (χ0v) is 9.32. The Morgan fingerprint density at radius 2 is 1.61 bits per heavy atom. The lowest BCUT2D eigenvalue weighted by Gasteiger charge is -2.05. The third-order valence-electron chi connectivity index (χ3n) is 2.53. The standard InChI is InChI=1S/C11H9F4N3/c1-6-9(11(14)15)16-17-18(6)8-4-2-7(3-5-8)10(12)13/h2-5,10-11H,1H3. The molecule has 1 aromatic carbocycles. The fraction of sp³-hybridized carbons (Fsp3) is 0.273. The predicted molar refractivity (Wildman–Crippen MR) is 56.0 cm³/mol. The van der Waals surface area contributed by atoms with E-state index >= 15 is 0 Å². The Hall–Kier alpha value is -1.92. The summed E-state index contributed by atoms with van der Waals surface area (Å²) in [5.41, 5.74) is 0.0598. The first-order chi connectivity index (χ1) is 8.50. The van der Waals surface area contributed by atoms with Crippen LogP contribution in [-0.4, -0.2) is 15.0 Å². The summed E-state index contributed by atoms with van der Waals surface area (Å²) in [6.45, 7) is 1.45. The van der Waals surface area contributed by atoms with Crippen LogP contribution < -0.4 is 0 Å². The lowest BCUT2D eigenvalue weighted by molar-refractivity contribution is 0.145. The summed E-state index contributed by atoms with van der Waals surface area (Å²) in [5, 5.41) is 6.94. The molecule has 18 heavy (non-hydrogen) atoms. The molecule has 96 valence electrons. The molecule has 0 saturated heterocycles. The van der Waals surface area contributed by atoms with Crippen LogP contribution >= 0.6 is 0 Å². The van der Waals surface area contributed by atoms with Crippen molar-refractivity contribution in [3.63, 3.8) is 0 Å². The molecule has 0 N–H and O–H groups in total. The zero-order valence-electron chi connectivity index (χ0n) is 9.32. The highest BCUT2D eigenvalue weighted by Crippen LogP contribution is 2.23. The zero-order chi connectivity index (χ0) is 13.3. The molecule has 0 aliphatic rings. The van der Waals surface area contributed by atoms with E-state index in [4.69, 9.17) is 0 Å². The Morgan fingerprint density at radius 3 is 2.06 bits per heavy atom. The smallest absolute Gasteiger partial charge is 0.217 e. The Bertz CT molecular complexity index is 534. The van der Waals surface area contributed by atoms with Crippen LogP contribution in [0, 0.1) is 6.92 Å². The molecule has 0 atom stereocenters. The van der Waals surface area contributed by atoms with Gasteiger partial charge in [-0.1, -0.05) is 17.3 Å². The van der Waals surface area contributed by atoms with Crippen LogP contribution in [0.2, 0.25) is 0 Å². The summed E-state index contributed by atoms with van der Waals surface area (Å²) >= 11 is 0. The van der Waals surface area contributed by atoms with Gasteiger partial charge in [0, 0.05) is 5.56 Å². The molecule has 0 bridgehead atoms. The summed E-state index contributed by atoms with van der Waals surface area (Å²) in [4.78, 5) is 0. The monoisotopic (exact) mass is 259 g/mol. The molecule has 0 aliphatic heterocycles. The molecule has 2 aromatic rings. The molecule has 0 fully saturated rings. The van der Waals surface area contributed by atoms with E-state index < -0.39 is 18.5 Å². The van der Waals surface area contributed by atoms with Crippen LogP contribution in [0.4, 0.5) is 17.6 Å². The van der Waals surface area contributed by atoms with Gasteiger partial charge in [0.2, 0.25) is 0 Å². The SMILES string of the molecule is Cc1c(C(F)F)nnn1-c1ccc(C(F)F)cc1. The van der Waals surface area contributed by atoms with Crippen LogP contribution in [0.1, 0.15) is 29.8 Å². The van der Waals surface area contributed by atoms with Gasteiger partial charge in [0.05, 0.1) is 11.4 Å². The highest BCUT2D eigenvalue weighted by molar-refractivity contribution is 5.36. The van der Waals surface area contributed by atoms with Crippen molar-refractivity contribution in [3.8, 4) is 5.69 Å². The van der Waals surface area contributed by atoms with Crippen molar-refractivity contribution in [2.24, 2.45) is 0 Å². The minimum atomic E-state index is -2.71. The van der Waals surface area contributed by atoms with Crippen LogP contribution in [0.15, 0.2) is 24.3 Å². The van der Waals surface area contributed by atoms with Gasteiger partial charge in [-0.15, -0.1) is 5.10 Å². The third kappa shape index (κ3) is 2.20. The van der Waals surface area contributed by atoms with Gasteiger partial charge in [-0.2, -0.15) is 0 Å².